The van der Waals surface area contributed by atoms with Crippen LogP contribution in [0, 0.1) is 5.92 Å². The third kappa shape index (κ3) is 3.57. The van der Waals surface area contributed by atoms with Crippen LogP contribution in [0.15, 0.2) is 23.1 Å². The van der Waals surface area contributed by atoms with Crippen LogP contribution in [0.3, 0.4) is 0 Å². The van der Waals surface area contributed by atoms with Crippen LogP contribution in [-0.4, -0.2) is 58.2 Å². The number of piperazine rings is 1. The van der Waals surface area contributed by atoms with E-state index < -0.39 is 0 Å². The first-order chi connectivity index (χ1) is 12.0. The molecule has 1 aliphatic rings. The smallest absolute Gasteiger partial charge is 0.317 e. The summed E-state index contributed by atoms with van der Waals surface area (Å²) in [6.45, 7) is 7.10. The van der Waals surface area contributed by atoms with Gasteiger partial charge in [0.05, 0.1) is 0 Å². The SMILES string of the molecule is CC(C)CNC(=O)N1CCN(c2nc3cccnc3n(C)c2=O)CC1. The van der Waals surface area contributed by atoms with Crippen molar-refractivity contribution in [2.75, 3.05) is 37.6 Å². The second-order valence-corrected chi connectivity index (χ2v) is 6.70. The number of fused-ring (bicyclic) bond motifs is 1. The molecule has 1 fully saturated rings. The molecule has 0 aromatic carbocycles. The number of aromatic nitrogens is 3. The fourth-order valence-corrected chi connectivity index (χ4v) is 2.87. The van der Waals surface area contributed by atoms with Gasteiger partial charge in [0.2, 0.25) is 0 Å². The van der Waals surface area contributed by atoms with Gasteiger partial charge < -0.3 is 15.1 Å². The first kappa shape index (κ1) is 17.2. The minimum Gasteiger partial charge on any atom is -0.348 e. The maximum absolute atomic E-state index is 12.6. The lowest BCUT2D eigenvalue weighted by atomic mass is 10.2. The Labute approximate surface area is 146 Å². The van der Waals surface area contributed by atoms with Gasteiger partial charge in [0, 0.05) is 46.0 Å². The van der Waals surface area contributed by atoms with E-state index in [9.17, 15) is 9.59 Å². The van der Waals surface area contributed by atoms with Crippen molar-refractivity contribution in [1.29, 1.82) is 0 Å². The standard InChI is InChI=1S/C17H24N6O2/c1-12(2)11-19-17(25)23-9-7-22(8-10-23)15-16(24)21(3)14-13(20-15)5-4-6-18-14/h4-6,12H,7-11H2,1-3H3,(H,19,25). The molecule has 2 aromatic heterocycles. The summed E-state index contributed by atoms with van der Waals surface area (Å²) in [5.41, 5.74) is 1.10. The van der Waals surface area contributed by atoms with E-state index in [-0.39, 0.29) is 11.6 Å². The van der Waals surface area contributed by atoms with E-state index in [0.29, 0.717) is 55.6 Å². The molecule has 1 N–H and O–H groups in total. The van der Waals surface area contributed by atoms with Crippen LogP contribution in [0.4, 0.5) is 10.6 Å². The predicted octanol–water partition coefficient (Wildman–Crippen LogP) is 0.816. The molecule has 2 amide bonds. The number of anilines is 1. The summed E-state index contributed by atoms with van der Waals surface area (Å²) in [7, 11) is 1.71. The summed E-state index contributed by atoms with van der Waals surface area (Å²) in [6.07, 6.45) is 1.65. The van der Waals surface area contributed by atoms with Crippen LogP contribution in [0.25, 0.3) is 11.2 Å². The maximum Gasteiger partial charge on any atom is 0.317 e. The average Bonchev–Trinajstić information content (AvgIpc) is 2.63. The first-order valence-corrected chi connectivity index (χ1v) is 8.57. The Morgan fingerprint density at radius 3 is 2.68 bits per heavy atom. The number of hydrogen-bond acceptors (Lipinski definition) is 5. The van der Waals surface area contributed by atoms with Gasteiger partial charge in [-0.1, -0.05) is 13.8 Å². The van der Waals surface area contributed by atoms with E-state index >= 15 is 0 Å². The Balaban J connectivity index is 1.73. The Bertz CT molecular complexity index is 823. The lowest BCUT2D eigenvalue weighted by Crippen LogP contribution is -2.53. The van der Waals surface area contributed by atoms with Crippen molar-refractivity contribution >= 4 is 23.0 Å². The minimum atomic E-state index is -0.163. The van der Waals surface area contributed by atoms with Crippen molar-refractivity contribution in [3.05, 3.63) is 28.7 Å². The summed E-state index contributed by atoms with van der Waals surface area (Å²) < 4.78 is 1.53. The largest absolute Gasteiger partial charge is 0.348 e. The Kier molecular flexibility index (Phi) is 4.87. The lowest BCUT2D eigenvalue weighted by molar-refractivity contribution is 0.193. The number of nitrogens with zero attached hydrogens (tertiary/aromatic N) is 5. The van der Waals surface area contributed by atoms with Crippen LogP contribution in [-0.2, 0) is 7.05 Å². The van der Waals surface area contributed by atoms with Gasteiger partial charge in [-0.05, 0) is 18.1 Å². The zero-order valence-electron chi connectivity index (χ0n) is 14.9. The molecule has 0 saturated carbocycles. The molecule has 8 nitrogen and oxygen atoms in total. The third-order valence-corrected chi connectivity index (χ3v) is 4.33. The molecule has 134 valence electrons. The van der Waals surface area contributed by atoms with Crippen LogP contribution in [0.5, 0.6) is 0 Å². The molecule has 0 atom stereocenters. The maximum atomic E-state index is 12.6. The fourth-order valence-electron chi connectivity index (χ4n) is 2.87. The molecular formula is C17H24N6O2. The van der Waals surface area contributed by atoms with E-state index in [4.69, 9.17) is 0 Å². The molecule has 0 radical (unpaired) electrons. The number of carbonyl (C=O) groups excluding carboxylic acids is 1. The topological polar surface area (TPSA) is 83.4 Å². The van der Waals surface area contributed by atoms with Gasteiger partial charge in [0.1, 0.15) is 5.52 Å². The van der Waals surface area contributed by atoms with Gasteiger partial charge in [0.15, 0.2) is 11.5 Å². The molecule has 0 spiro atoms. The molecule has 0 aliphatic carbocycles. The van der Waals surface area contributed by atoms with E-state index in [1.807, 2.05) is 11.0 Å². The minimum absolute atomic E-state index is 0.0445. The second-order valence-electron chi connectivity index (χ2n) is 6.70. The number of aryl methyl sites for hydroxylation is 1. The molecule has 1 saturated heterocycles. The number of amides is 2. The molecule has 3 heterocycles. The summed E-state index contributed by atoms with van der Waals surface area (Å²) in [5, 5.41) is 2.93. The highest BCUT2D eigenvalue weighted by Gasteiger charge is 2.24. The highest BCUT2D eigenvalue weighted by atomic mass is 16.2. The van der Waals surface area contributed by atoms with Crippen LogP contribution in [0.2, 0.25) is 0 Å². The van der Waals surface area contributed by atoms with Crippen molar-refractivity contribution in [2.45, 2.75) is 13.8 Å². The number of rotatable bonds is 3. The quantitative estimate of drug-likeness (QED) is 0.891. The van der Waals surface area contributed by atoms with Gasteiger partial charge in [-0.3, -0.25) is 9.36 Å². The molecule has 25 heavy (non-hydrogen) atoms. The van der Waals surface area contributed by atoms with Gasteiger partial charge >= 0.3 is 6.03 Å². The summed E-state index contributed by atoms with van der Waals surface area (Å²) in [5.74, 6) is 0.842. The van der Waals surface area contributed by atoms with Gasteiger partial charge in [-0.15, -0.1) is 0 Å². The molecule has 8 heteroatoms. The van der Waals surface area contributed by atoms with E-state index in [1.54, 1.807) is 24.2 Å². The predicted molar refractivity (Wildman–Crippen MR) is 96.8 cm³/mol. The number of carbonyl (C=O) groups is 1. The molecule has 3 rings (SSSR count). The van der Waals surface area contributed by atoms with Crippen molar-refractivity contribution in [1.82, 2.24) is 24.8 Å². The van der Waals surface area contributed by atoms with Gasteiger partial charge in [0.25, 0.3) is 5.56 Å². The third-order valence-electron chi connectivity index (χ3n) is 4.33. The van der Waals surface area contributed by atoms with E-state index in [0.717, 1.165) is 0 Å². The highest BCUT2D eigenvalue weighted by molar-refractivity contribution is 5.75. The summed E-state index contributed by atoms with van der Waals surface area (Å²) in [4.78, 5) is 37.2. The van der Waals surface area contributed by atoms with E-state index in [2.05, 4.69) is 29.1 Å². The second kappa shape index (κ2) is 7.08. The zero-order chi connectivity index (χ0) is 18.0. The average molecular weight is 344 g/mol. The number of urea groups is 1. The molecule has 1 aliphatic heterocycles. The van der Waals surface area contributed by atoms with Crippen molar-refractivity contribution in [3.63, 3.8) is 0 Å². The Morgan fingerprint density at radius 2 is 2.00 bits per heavy atom. The molecular weight excluding hydrogens is 320 g/mol. The van der Waals surface area contributed by atoms with Gasteiger partial charge in [-0.25, -0.2) is 14.8 Å². The Hall–Kier alpha value is -2.64. The van der Waals surface area contributed by atoms with Crippen molar-refractivity contribution < 1.29 is 4.79 Å². The molecule has 0 bridgehead atoms. The highest BCUT2D eigenvalue weighted by Crippen LogP contribution is 2.13. The first-order valence-electron chi connectivity index (χ1n) is 8.57. The monoisotopic (exact) mass is 344 g/mol. The molecule has 0 unspecified atom stereocenters. The van der Waals surface area contributed by atoms with E-state index in [1.165, 1.54) is 4.57 Å². The lowest BCUT2D eigenvalue weighted by Gasteiger charge is -2.35. The van der Waals surface area contributed by atoms with Gasteiger partial charge in [-0.2, -0.15) is 0 Å². The zero-order valence-corrected chi connectivity index (χ0v) is 14.9. The number of nitrogens with one attached hydrogen (secondary N) is 1. The van der Waals surface area contributed by atoms with Crippen LogP contribution >= 0.6 is 0 Å². The van der Waals surface area contributed by atoms with Crippen LogP contribution < -0.4 is 15.8 Å². The summed E-state index contributed by atoms with van der Waals surface area (Å²) >= 11 is 0. The fraction of sp³-hybridized carbons (Fsp3) is 0.529. The van der Waals surface area contributed by atoms with Crippen molar-refractivity contribution in [3.8, 4) is 0 Å². The van der Waals surface area contributed by atoms with Crippen molar-refractivity contribution in [2.24, 2.45) is 13.0 Å². The normalized spacial score (nSPS) is 15.0. The summed E-state index contributed by atoms with van der Waals surface area (Å²) in [6, 6.07) is 3.61. The van der Waals surface area contributed by atoms with Crippen LogP contribution in [0.1, 0.15) is 13.8 Å². The molecule has 2 aromatic rings. The Morgan fingerprint density at radius 1 is 1.28 bits per heavy atom. The number of hydrogen-bond donors (Lipinski definition) is 1. The number of pyridine rings is 1.